The Morgan fingerprint density at radius 1 is 1.33 bits per heavy atom. The summed E-state index contributed by atoms with van der Waals surface area (Å²) in [5.74, 6) is 1.70. The maximum atomic E-state index is 6.04. The maximum Gasteiger partial charge on any atom is 0.193 e. The first kappa shape index (κ1) is 21.2. The second-order valence-electron chi connectivity index (χ2n) is 6.30. The van der Waals surface area contributed by atoms with E-state index in [2.05, 4.69) is 32.5 Å². The van der Waals surface area contributed by atoms with Gasteiger partial charge in [0.05, 0.1) is 18.8 Å². The number of nitrogens with one attached hydrogen (secondary N) is 1. The van der Waals surface area contributed by atoms with Gasteiger partial charge in [0.1, 0.15) is 23.0 Å². The van der Waals surface area contributed by atoms with Crippen LogP contribution in [0.4, 0.5) is 0 Å². The van der Waals surface area contributed by atoms with Gasteiger partial charge in [0.25, 0.3) is 0 Å². The van der Waals surface area contributed by atoms with Gasteiger partial charge in [0.2, 0.25) is 0 Å². The number of para-hydroxylation sites is 1. The molecule has 1 heterocycles. The zero-order chi connectivity index (χ0) is 19.6. The molecular formula is C20H30N4O2S. The van der Waals surface area contributed by atoms with Crippen LogP contribution in [-0.2, 0) is 11.3 Å². The van der Waals surface area contributed by atoms with Crippen molar-refractivity contribution in [3.05, 3.63) is 46.4 Å². The lowest BCUT2D eigenvalue weighted by Gasteiger charge is -2.24. The van der Waals surface area contributed by atoms with Gasteiger partial charge in [-0.1, -0.05) is 25.1 Å². The summed E-state index contributed by atoms with van der Waals surface area (Å²) < 4.78 is 11.4. The summed E-state index contributed by atoms with van der Waals surface area (Å²) in [4.78, 5) is 11.1. The van der Waals surface area contributed by atoms with E-state index in [1.165, 1.54) is 0 Å². The van der Waals surface area contributed by atoms with Crippen molar-refractivity contribution < 1.29 is 9.47 Å². The molecule has 0 amide bonds. The van der Waals surface area contributed by atoms with E-state index >= 15 is 0 Å². The van der Waals surface area contributed by atoms with Crippen molar-refractivity contribution in [1.82, 2.24) is 15.2 Å². The Hall–Kier alpha value is -2.12. The van der Waals surface area contributed by atoms with Crippen molar-refractivity contribution in [2.45, 2.75) is 39.0 Å². The number of aromatic nitrogens is 1. The Morgan fingerprint density at radius 3 is 2.70 bits per heavy atom. The molecule has 0 radical (unpaired) electrons. The van der Waals surface area contributed by atoms with Crippen molar-refractivity contribution in [3.63, 3.8) is 0 Å². The highest BCUT2D eigenvalue weighted by Gasteiger charge is 2.14. The smallest absolute Gasteiger partial charge is 0.193 e. The lowest BCUT2D eigenvalue weighted by atomic mass is 10.2. The molecule has 1 aromatic heterocycles. The van der Waals surface area contributed by atoms with Gasteiger partial charge >= 0.3 is 0 Å². The second-order valence-corrected chi connectivity index (χ2v) is 7.19. The summed E-state index contributed by atoms with van der Waals surface area (Å²) >= 11 is 1.62. The first-order valence-electron chi connectivity index (χ1n) is 9.17. The van der Waals surface area contributed by atoms with E-state index in [9.17, 15) is 0 Å². The van der Waals surface area contributed by atoms with Gasteiger partial charge in [-0.05, 0) is 25.5 Å². The van der Waals surface area contributed by atoms with Crippen molar-refractivity contribution >= 4 is 17.3 Å². The largest absolute Gasteiger partial charge is 0.489 e. The van der Waals surface area contributed by atoms with E-state index in [0.29, 0.717) is 13.1 Å². The molecule has 0 spiro atoms. The van der Waals surface area contributed by atoms with E-state index < -0.39 is 0 Å². The van der Waals surface area contributed by atoms with Crippen LogP contribution in [0.15, 0.2) is 40.7 Å². The fourth-order valence-corrected chi connectivity index (χ4v) is 3.39. The molecule has 0 fully saturated rings. The van der Waals surface area contributed by atoms with E-state index in [0.717, 1.165) is 28.8 Å². The fraction of sp³-hybridized carbons (Fsp3) is 0.500. The predicted octanol–water partition coefficient (Wildman–Crippen LogP) is 3.72. The fourth-order valence-electron chi connectivity index (χ4n) is 2.55. The summed E-state index contributed by atoms with van der Waals surface area (Å²) in [6, 6.07) is 9.90. The number of benzene rings is 1. The summed E-state index contributed by atoms with van der Waals surface area (Å²) in [5.41, 5.74) is 1.01. The van der Waals surface area contributed by atoms with Gasteiger partial charge in [-0.25, -0.2) is 4.98 Å². The number of methoxy groups -OCH3 is 1. The number of guanidine groups is 1. The summed E-state index contributed by atoms with van der Waals surface area (Å²) in [6.07, 6.45) is 1.00. The molecule has 0 saturated heterocycles. The molecular weight excluding hydrogens is 360 g/mol. The third kappa shape index (κ3) is 6.52. The average molecular weight is 391 g/mol. The molecule has 0 aliphatic heterocycles. The van der Waals surface area contributed by atoms with Gasteiger partial charge < -0.3 is 19.7 Å². The molecule has 27 heavy (non-hydrogen) atoms. The van der Waals surface area contributed by atoms with Crippen LogP contribution in [0, 0.1) is 0 Å². The first-order valence-corrected chi connectivity index (χ1v) is 10.1. The number of ether oxygens (including phenoxy) is 2. The molecule has 2 unspecified atom stereocenters. The molecule has 6 nitrogen and oxygen atoms in total. The molecule has 0 aliphatic carbocycles. The van der Waals surface area contributed by atoms with E-state index in [1.807, 2.05) is 44.3 Å². The number of nitrogens with zero attached hydrogens (tertiary/aromatic N) is 3. The van der Waals surface area contributed by atoms with E-state index in [4.69, 9.17) is 9.47 Å². The van der Waals surface area contributed by atoms with Crippen LogP contribution in [0.25, 0.3) is 0 Å². The highest BCUT2D eigenvalue weighted by molar-refractivity contribution is 7.09. The second kappa shape index (κ2) is 10.9. The number of hydrogen-bond acceptors (Lipinski definition) is 5. The van der Waals surface area contributed by atoms with Crippen LogP contribution in [-0.4, -0.2) is 49.7 Å². The topological polar surface area (TPSA) is 59.0 Å². The summed E-state index contributed by atoms with van der Waals surface area (Å²) in [6.45, 7) is 5.49. The Balaban J connectivity index is 1.88. The molecule has 1 N–H and O–H groups in total. The minimum atomic E-state index is 0.0203. The number of hydrogen-bond donors (Lipinski definition) is 1. The Morgan fingerprint density at radius 2 is 2.07 bits per heavy atom. The minimum Gasteiger partial charge on any atom is -0.489 e. The van der Waals surface area contributed by atoms with E-state index in [1.54, 1.807) is 25.5 Å². The molecule has 2 aromatic rings. The molecule has 0 bridgehead atoms. The minimum absolute atomic E-state index is 0.0203. The molecule has 1 aromatic carbocycles. The lowest BCUT2D eigenvalue weighted by Crippen LogP contribution is -2.43. The maximum absolute atomic E-state index is 6.04. The van der Waals surface area contributed by atoms with Gasteiger partial charge in [-0.15, -0.1) is 11.3 Å². The molecule has 7 heteroatoms. The van der Waals surface area contributed by atoms with Gasteiger partial charge in [0.15, 0.2) is 5.96 Å². The van der Waals surface area contributed by atoms with Crippen LogP contribution in [0.2, 0.25) is 0 Å². The van der Waals surface area contributed by atoms with Crippen LogP contribution < -0.4 is 10.1 Å². The molecule has 2 atom stereocenters. The third-order valence-electron chi connectivity index (χ3n) is 4.23. The van der Waals surface area contributed by atoms with Crippen molar-refractivity contribution in [3.8, 4) is 5.75 Å². The Kier molecular flexibility index (Phi) is 8.54. The zero-order valence-corrected chi connectivity index (χ0v) is 17.6. The standard InChI is InChI=1S/C20H30N4O2S/c1-6-17(26-18-10-8-7-9-11-18)12-22-20(21-3)24(4)13-16-14-27-19(23-16)15(2)25-5/h7-11,14-15,17H,6,12-13H2,1-5H3,(H,21,22). The molecule has 2 rings (SSSR count). The van der Waals surface area contributed by atoms with Gasteiger partial charge in [0, 0.05) is 26.6 Å². The predicted molar refractivity (Wildman–Crippen MR) is 112 cm³/mol. The third-order valence-corrected chi connectivity index (χ3v) is 5.29. The molecule has 148 valence electrons. The normalized spacial score (nSPS) is 13.9. The lowest BCUT2D eigenvalue weighted by molar-refractivity contribution is 0.119. The summed E-state index contributed by atoms with van der Waals surface area (Å²) in [5, 5.41) is 6.47. The Labute approximate surface area is 166 Å². The van der Waals surface area contributed by atoms with Crippen LogP contribution >= 0.6 is 11.3 Å². The van der Waals surface area contributed by atoms with Crippen LogP contribution in [0.1, 0.15) is 37.1 Å². The van der Waals surface area contributed by atoms with Gasteiger partial charge in [-0.3, -0.25) is 4.99 Å². The first-order chi connectivity index (χ1) is 13.1. The number of thiazole rings is 1. The van der Waals surface area contributed by atoms with E-state index in [-0.39, 0.29) is 12.2 Å². The van der Waals surface area contributed by atoms with Gasteiger partial charge in [-0.2, -0.15) is 0 Å². The number of rotatable bonds is 9. The quantitative estimate of drug-likeness (QED) is 0.522. The SMILES string of the molecule is CCC(CNC(=NC)N(C)Cc1csc(C(C)OC)n1)Oc1ccccc1. The highest BCUT2D eigenvalue weighted by Crippen LogP contribution is 2.21. The van der Waals surface area contributed by atoms with Crippen molar-refractivity contribution in [1.29, 1.82) is 0 Å². The average Bonchev–Trinajstić information content (AvgIpc) is 3.16. The van der Waals surface area contributed by atoms with Crippen LogP contribution in [0.5, 0.6) is 5.75 Å². The summed E-state index contributed by atoms with van der Waals surface area (Å²) in [7, 11) is 5.50. The number of aliphatic imine (C=N–C) groups is 1. The zero-order valence-electron chi connectivity index (χ0n) is 16.8. The Bertz CT molecular complexity index is 705. The molecule has 0 aliphatic rings. The highest BCUT2D eigenvalue weighted by atomic mass is 32.1. The van der Waals surface area contributed by atoms with Crippen molar-refractivity contribution in [2.24, 2.45) is 4.99 Å². The molecule has 0 saturated carbocycles. The van der Waals surface area contributed by atoms with Crippen molar-refractivity contribution in [2.75, 3.05) is 27.7 Å². The monoisotopic (exact) mass is 390 g/mol. The van der Waals surface area contributed by atoms with Crippen LogP contribution in [0.3, 0.4) is 0 Å².